The molecule has 0 saturated heterocycles. The molecule has 0 aliphatic heterocycles. The molecule has 1 saturated carbocycles. The molecule has 0 aromatic rings. The summed E-state index contributed by atoms with van der Waals surface area (Å²) in [6.45, 7) is 4.29. The van der Waals surface area contributed by atoms with E-state index in [9.17, 15) is 8.42 Å². The Balaban J connectivity index is 2.45. The third kappa shape index (κ3) is 1.80. The highest BCUT2D eigenvalue weighted by Gasteiger charge is 2.38. The van der Waals surface area contributed by atoms with Crippen LogP contribution in [0.25, 0.3) is 0 Å². The van der Waals surface area contributed by atoms with Crippen molar-refractivity contribution in [1.82, 2.24) is 4.72 Å². The van der Waals surface area contributed by atoms with Gasteiger partial charge >= 0.3 is 0 Å². The van der Waals surface area contributed by atoms with E-state index in [1.54, 1.807) is 0 Å². The van der Waals surface area contributed by atoms with Gasteiger partial charge in [-0.15, -0.1) is 0 Å². The van der Waals surface area contributed by atoms with Crippen molar-refractivity contribution < 1.29 is 8.42 Å². The maximum absolute atomic E-state index is 11.2. The van der Waals surface area contributed by atoms with Gasteiger partial charge in [-0.1, -0.05) is 13.8 Å². The van der Waals surface area contributed by atoms with E-state index in [1.807, 2.05) is 0 Å². The Kier molecular flexibility index (Phi) is 2.78. The maximum Gasteiger partial charge on any atom is 0.214 e. The Hall–Kier alpha value is -0.0900. The van der Waals surface area contributed by atoms with Gasteiger partial charge in [-0.3, -0.25) is 0 Å². The molecule has 0 spiro atoms. The summed E-state index contributed by atoms with van der Waals surface area (Å²) in [7, 11) is -1.49. The van der Waals surface area contributed by atoms with E-state index in [0.29, 0.717) is 11.8 Å². The lowest BCUT2D eigenvalue weighted by Gasteiger charge is -2.36. The summed E-state index contributed by atoms with van der Waals surface area (Å²) in [4.78, 5) is 0. The summed E-state index contributed by atoms with van der Waals surface area (Å²) in [5, 5.41) is -0.130. The lowest BCUT2D eigenvalue weighted by Crippen LogP contribution is -2.43. The number of hydrogen-bond acceptors (Lipinski definition) is 2. The van der Waals surface area contributed by atoms with Crippen molar-refractivity contribution in [3.63, 3.8) is 0 Å². The van der Waals surface area contributed by atoms with Crippen molar-refractivity contribution in [3.05, 3.63) is 0 Å². The third-order valence-electron chi connectivity index (χ3n) is 2.80. The van der Waals surface area contributed by atoms with Crippen LogP contribution >= 0.6 is 0 Å². The lowest BCUT2D eigenvalue weighted by atomic mass is 9.77. The normalized spacial score (nSPS) is 30.3. The lowest BCUT2D eigenvalue weighted by molar-refractivity contribution is 0.236. The molecule has 1 aliphatic carbocycles. The van der Waals surface area contributed by atoms with E-state index in [0.717, 1.165) is 12.8 Å². The van der Waals surface area contributed by atoms with Crippen molar-refractivity contribution >= 4 is 10.0 Å². The van der Waals surface area contributed by atoms with Crippen LogP contribution in [0.3, 0.4) is 0 Å². The summed E-state index contributed by atoms with van der Waals surface area (Å²) in [5.41, 5.74) is 0. The van der Waals surface area contributed by atoms with Crippen LogP contribution in [0.1, 0.15) is 26.7 Å². The minimum Gasteiger partial charge on any atom is -0.218 e. The minimum absolute atomic E-state index is 0.130. The third-order valence-corrected chi connectivity index (χ3v) is 4.63. The average molecular weight is 191 g/mol. The zero-order valence-corrected chi connectivity index (χ0v) is 8.69. The molecule has 1 rings (SSSR count). The molecule has 0 bridgehead atoms. The van der Waals surface area contributed by atoms with Crippen molar-refractivity contribution in [2.45, 2.75) is 31.9 Å². The van der Waals surface area contributed by atoms with E-state index in [1.165, 1.54) is 7.05 Å². The zero-order valence-electron chi connectivity index (χ0n) is 7.87. The second-order valence-electron chi connectivity index (χ2n) is 3.85. The first kappa shape index (κ1) is 9.99. The second-order valence-corrected chi connectivity index (χ2v) is 6.01. The quantitative estimate of drug-likeness (QED) is 0.722. The monoisotopic (exact) mass is 191 g/mol. The Morgan fingerprint density at radius 1 is 1.33 bits per heavy atom. The number of hydrogen-bond donors (Lipinski definition) is 1. The van der Waals surface area contributed by atoms with E-state index >= 15 is 0 Å². The molecule has 12 heavy (non-hydrogen) atoms. The molecular formula is C8H17NO2S. The first-order valence-electron chi connectivity index (χ1n) is 4.39. The smallest absolute Gasteiger partial charge is 0.214 e. The van der Waals surface area contributed by atoms with Crippen LogP contribution < -0.4 is 4.72 Å². The van der Waals surface area contributed by atoms with E-state index in [2.05, 4.69) is 18.6 Å². The zero-order chi connectivity index (χ0) is 9.35. The molecular weight excluding hydrogens is 174 g/mol. The van der Waals surface area contributed by atoms with E-state index in [4.69, 9.17) is 0 Å². The summed E-state index contributed by atoms with van der Waals surface area (Å²) >= 11 is 0. The molecule has 0 radical (unpaired) electrons. The van der Waals surface area contributed by atoms with Gasteiger partial charge in [0.15, 0.2) is 0 Å². The summed E-state index contributed by atoms with van der Waals surface area (Å²) in [6.07, 6.45) is 1.67. The minimum atomic E-state index is -2.98. The van der Waals surface area contributed by atoms with Crippen molar-refractivity contribution in [2.24, 2.45) is 11.8 Å². The molecule has 0 atom stereocenters. The van der Waals surface area contributed by atoms with Gasteiger partial charge < -0.3 is 0 Å². The molecule has 1 N–H and O–H groups in total. The van der Waals surface area contributed by atoms with Gasteiger partial charge in [0.1, 0.15) is 0 Å². The number of nitrogens with one attached hydrogen (secondary N) is 1. The van der Waals surface area contributed by atoms with Crippen LogP contribution in [0.2, 0.25) is 0 Å². The summed E-state index contributed by atoms with van der Waals surface area (Å²) in [6, 6.07) is 0. The second kappa shape index (κ2) is 3.34. The predicted molar refractivity (Wildman–Crippen MR) is 49.3 cm³/mol. The van der Waals surface area contributed by atoms with Gasteiger partial charge in [0.05, 0.1) is 5.25 Å². The topological polar surface area (TPSA) is 46.2 Å². The Bertz CT molecular complexity index is 240. The fourth-order valence-corrected chi connectivity index (χ4v) is 2.91. The summed E-state index contributed by atoms with van der Waals surface area (Å²) < 4.78 is 24.9. The molecule has 0 heterocycles. The largest absolute Gasteiger partial charge is 0.218 e. The van der Waals surface area contributed by atoms with Gasteiger partial charge in [0, 0.05) is 0 Å². The predicted octanol–water partition coefficient (Wildman–Crippen LogP) is 0.970. The average Bonchev–Trinajstić information content (AvgIpc) is 1.82. The molecule has 3 nitrogen and oxygen atoms in total. The first-order chi connectivity index (χ1) is 5.47. The maximum atomic E-state index is 11.2. The highest BCUT2D eigenvalue weighted by atomic mass is 32.2. The van der Waals surface area contributed by atoms with Crippen LogP contribution in [-0.4, -0.2) is 20.7 Å². The van der Waals surface area contributed by atoms with Gasteiger partial charge in [0.2, 0.25) is 10.0 Å². The van der Waals surface area contributed by atoms with Crippen molar-refractivity contribution in [3.8, 4) is 0 Å². The SMILES string of the molecule is CNS(=O)(=O)C1CC(C(C)C)C1. The molecule has 0 amide bonds. The van der Waals surface area contributed by atoms with Crippen LogP contribution in [0.15, 0.2) is 0 Å². The van der Waals surface area contributed by atoms with Crippen LogP contribution in [0.4, 0.5) is 0 Å². The Labute approximate surface area is 74.6 Å². The first-order valence-corrected chi connectivity index (χ1v) is 5.94. The number of rotatable bonds is 3. The molecule has 1 fully saturated rings. The Morgan fingerprint density at radius 2 is 1.83 bits per heavy atom. The molecule has 72 valence electrons. The standard InChI is InChI=1S/C8H17NO2S/c1-6(2)7-4-8(5-7)12(10,11)9-3/h6-9H,4-5H2,1-3H3. The van der Waals surface area contributed by atoms with E-state index < -0.39 is 10.0 Å². The van der Waals surface area contributed by atoms with Gasteiger partial charge in [0.25, 0.3) is 0 Å². The Morgan fingerprint density at radius 3 is 2.17 bits per heavy atom. The van der Waals surface area contributed by atoms with E-state index in [-0.39, 0.29) is 5.25 Å². The molecule has 1 aliphatic rings. The fraction of sp³-hybridized carbons (Fsp3) is 1.00. The van der Waals surface area contributed by atoms with Crippen molar-refractivity contribution in [2.75, 3.05) is 7.05 Å². The molecule has 0 aromatic heterocycles. The van der Waals surface area contributed by atoms with Crippen LogP contribution in [-0.2, 0) is 10.0 Å². The van der Waals surface area contributed by atoms with Gasteiger partial charge in [-0.2, -0.15) is 0 Å². The summed E-state index contributed by atoms with van der Waals surface area (Å²) in [5.74, 6) is 1.23. The van der Waals surface area contributed by atoms with Crippen LogP contribution in [0, 0.1) is 11.8 Å². The van der Waals surface area contributed by atoms with Gasteiger partial charge in [-0.25, -0.2) is 13.1 Å². The van der Waals surface area contributed by atoms with Gasteiger partial charge in [-0.05, 0) is 31.7 Å². The van der Waals surface area contributed by atoms with Crippen molar-refractivity contribution in [1.29, 1.82) is 0 Å². The molecule has 0 unspecified atom stereocenters. The number of sulfonamides is 1. The van der Waals surface area contributed by atoms with Crippen LogP contribution in [0.5, 0.6) is 0 Å². The molecule has 0 aromatic carbocycles. The highest BCUT2D eigenvalue weighted by Crippen LogP contribution is 2.37. The molecule has 4 heteroatoms. The fourth-order valence-electron chi connectivity index (χ4n) is 1.57. The highest BCUT2D eigenvalue weighted by molar-refractivity contribution is 7.90.